The van der Waals surface area contributed by atoms with Crippen LogP contribution in [0.1, 0.15) is 43.0 Å². The quantitative estimate of drug-likeness (QED) is 0.839. The second-order valence-corrected chi connectivity index (χ2v) is 6.57. The lowest BCUT2D eigenvalue weighted by Gasteiger charge is -2.27. The molecule has 0 bridgehead atoms. The van der Waals surface area contributed by atoms with Gasteiger partial charge < -0.3 is 5.32 Å². The van der Waals surface area contributed by atoms with Crippen LogP contribution in [0.2, 0.25) is 5.02 Å². The Morgan fingerprint density at radius 2 is 2.21 bits per heavy atom. The third-order valence-corrected chi connectivity index (χ3v) is 4.74. The number of hydrogen-bond donors (Lipinski definition) is 1. The summed E-state index contributed by atoms with van der Waals surface area (Å²) in [6, 6.07) is 5.90. The van der Waals surface area contributed by atoms with Crippen molar-refractivity contribution < 1.29 is 4.79 Å². The summed E-state index contributed by atoms with van der Waals surface area (Å²) in [4.78, 5) is 13.4. The Hall–Kier alpha value is -0.670. The van der Waals surface area contributed by atoms with Crippen LogP contribution in [0, 0.1) is 5.92 Å². The minimum Gasteiger partial charge on any atom is -0.349 e. The van der Waals surface area contributed by atoms with E-state index in [0.717, 1.165) is 17.7 Å². The number of thioether (sulfide) groups is 1. The fraction of sp³-hybridized carbons (Fsp3) is 0.533. The Balaban J connectivity index is 2.06. The number of carbonyl (C=O) groups excluding carboxylic acids is 1. The van der Waals surface area contributed by atoms with Gasteiger partial charge in [-0.25, -0.2) is 0 Å². The Morgan fingerprint density at radius 3 is 2.89 bits per heavy atom. The Bertz CT molecular complexity index is 463. The zero-order chi connectivity index (χ0) is 13.8. The molecule has 2 rings (SSSR count). The molecule has 1 aliphatic carbocycles. The monoisotopic (exact) mass is 297 g/mol. The van der Waals surface area contributed by atoms with Crippen molar-refractivity contribution in [1.29, 1.82) is 0 Å². The molecule has 0 heterocycles. The minimum atomic E-state index is -0.0417. The number of benzene rings is 1. The number of nitrogens with one attached hydrogen (secondary N) is 1. The molecule has 0 aliphatic heterocycles. The summed E-state index contributed by atoms with van der Waals surface area (Å²) in [5.74, 6) is 0.659. The summed E-state index contributed by atoms with van der Waals surface area (Å²) in [5, 5.41) is 3.65. The van der Waals surface area contributed by atoms with Crippen LogP contribution in [0.15, 0.2) is 23.1 Å². The van der Waals surface area contributed by atoms with Gasteiger partial charge in [-0.15, -0.1) is 11.8 Å². The summed E-state index contributed by atoms with van der Waals surface area (Å²) in [5.41, 5.74) is 0.590. The van der Waals surface area contributed by atoms with E-state index in [-0.39, 0.29) is 5.91 Å². The van der Waals surface area contributed by atoms with Crippen molar-refractivity contribution in [3.63, 3.8) is 0 Å². The lowest BCUT2D eigenvalue weighted by molar-refractivity contribution is 0.0921. The van der Waals surface area contributed by atoms with Crippen LogP contribution in [-0.4, -0.2) is 18.2 Å². The van der Waals surface area contributed by atoms with Gasteiger partial charge in [-0.05, 0) is 43.2 Å². The first-order valence-electron chi connectivity index (χ1n) is 6.74. The Kier molecular flexibility index (Phi) is 5.17. The van der Waals surface area contributed by atoms with Crippen LogP contribution in [0.3, 0.4) is 0 Å². The zero-order valence-corrected chi connectivity index (χ0v) is 13.0. The molecular weight excluding hydrogens is 278 g/mol. The second kappa shape index (κ2) is 6.67. The fourth-order valence-corrected chi connectivity index (χ4v) is 3.28. The van der Waals surface area contributed by atoms with Gasteiger partial charge in [0.25, 0.3) is 5.91 Å². The molecule has 19 heavy (non-hydrogen) atoms. The van der Waals surface area contributed by atoms with Crippen LogP contribution in [-0.2, 0) is 0 Å². The SMILES string of the molecule is CSc1ccc(Cl)c(C(=O)NC2CCCC(C)C2)c1. The van der Waals surface area contributed by atoms with Gasteiger partial charge >= 0.3 is 0 Å². The zero-order valence-electron chi connectivity index (χ0n) is 11.4. The Morgan fingerprint density at radius 1 is 1.42 bits per heavy atom. The maximum atomic E-state index is 12.3. The fourth-order valence-electron chi connectivity index (χ4n) is 2.63. The van der Waals surface area contributed by atoms with E-state index in [1.165, 1.54) is 12.8 Å². The topological polar surface area (TPSA) is 29.1 Å². The van der Waals surface area contributed by atoms with Crippen molar-refractivity contribution in [2.24, 2.45) is 5.92 Å². The van der Waals surface area contributed by atoms with E-state index in [4.69, 9.17) is 11.6 Å². The van der Waals surface area contributed by atoms with E-state index >= 15 is 0 Å². The van der Waals surface area contributed by atoms with Crippen molar-refractivity contribution in [3.05, 3.63) is 28.8 Å². The average molecular weight is 298 g/mol. The van der Waals surface area contributed by atoms with Gasteiger partial charge in [-0.3, -0.25) is 4.79 Å². The van der Waals surface area contributed by atoms with Crippen LogP contribution < -0.4 is 5.32 Å². The highest BCUT2D eigenvalue weighted by molar-refractivity contribution is 7.98. The van der Waals surface area contributed by atoms with E-state index in [2.05, 4.69) is 12.2 Å². The largest absolute Gasteiger partial charge is 0.349 e. The molecule has 104 valence electrons. The first-order chi connectivity index (χ1) is 9.10. The van der Waals surface area contributed by atoms with Gasteiger partial charge in [0.05, 0.1) is 10.6 Å². The first kappa shape index (κ1) is 14.7. The third kappa shape index (κ3) is 3.90. The summed E-state index contributed by atoms with van der Waals surface area (Å²) in [6.07, 6.45) is 6.62. The molecule has 1 aliphatic rings. The molecule has 1 fully saturated rings. The lowest BCUT2D eigenvalue weighted by atomic mass is 9.87. The first-order valence-corrected chi connectivity index (χ1v) is 8.35. The van der Waals surface area contributed by atoms with Gasteiger partial charge in [0, 0.05) is 10.9 Å². The Labute approximate surface area is 124 Å². The second-order valence-electron chi connectivity index (χ2n) is 5.29. The summed E-state index contributed by atoms with van der Waals surface area (Å²) >= 11 is 7.74. The van der Waals surface area contributed by atoms with Crippen molar-refractivity contribution in [2.75, 3.05) is 6.26 Å². The smallest absolute Gasteiger partial charge is 0.253 e. The average Bonchev–Trinajstić information content (AvgIpc) is 2.39. The van der Waals surface area contributed by atoms with Gasteiger partial charge in [0.2, 0.25) is 0 Å². The van der Waals surface area contributed by atoms with Crippen LogP contribution in [0.5, 0.6) is 0 Å². The molecule has 0 radical (unpaired) electrons. The van der Waals surface area contributed by atoms with Crippen molar-refractivity contribution in [1.82, 2.24) is 5.32 Å². The molecule has 2 atom stereocenters. The maximum Gasteiger partial charge on any atom is 0.253 e. The van der Waals surface area contributed by atoms with E-state index in [9.17, 15) is 4.79 Å². The van der Waals surface area contributed by atoms with Crippen LogP contribution in [0.4, 0.5) is 0 Å². The highest BCUT2D eigenvalue weighted by Gasteiger charge is 2.21. The van der Waals surface area contributed by atoms with Gasteiger partial charge in [0.15, 0.2) is 0 Å². The minimum absolute atomic E-state index is 0.0417. The highest BCUT2D eigenvalue weighted by Crippen LogP contribution is 2.26. The molecule has 1 N–H and O–H groups in total. The molecule has 0 spiro atoms. The van der Waals surface area contributed by atoms with E-state index in [0.29, 0.717) is 22.5 Å². The predicted octanol–water partition coefficient (Wildman–Crippen LogP) is 4.37. The molecule has 0 saturated heterocycles. The summed E-state index contributed by atoms with van der Waals surface area (Å²) < 4.78 is 0. The molecule has 1 amide bonds. The van der Waals surface area contributed by atoms with Gasteiger partial charge in [-0.2, -0.15) is 0 Å². The number of amides is 1. The molecule has 1 aromatic carbocycles. The van der Waals surface area contributed by atoms with Gasteiger partial charge in [0.1, 0.15) is 0 Å². The standard InChI is InChI=1S/C15H20ClNOS/c1-10-4-3-5-11(8-10)17-15(18)13-9-12(19-2)6-7-14(13)16/h6-7,9-11H,3-5,8H2,1-2H3,(H,17,18). The molecule has 1 saturated carbocycles. The highest BCUT2D eigenvalue weighted by atomic mass is 35.5. The number of carbonyl (C=O) groups is 1. The lowest BCUT2D eigenvalue weighted by Crippen LogP contribution is -2.38. The molecule has 0 aromatic heterocycles. The van der Waals surface area contributed by atoms with E-state index in [1.807, 2.05) is 18.4 Å². The van der Waals surface area contributed by atoms with Crippen molar-refractivity contribution in [3.8, 4) is 0 Å². The van der Waals surface area contributed by atoms with Crippen LogP contribution in [0.25, 0.3) is 0 Å². The number of halogens is 1. The summed E-state index contributed by atoms with van der Waals surface area (Å²) in [6.45, 7) is 2.25. The molecule has 2 nitrogen and oxygen atoms in total. The molecule has 2 unspecified atom stereocenters. The molecule has 1 aromatic rings. The van der Waals surface area contributed by atoms with Crippen molar-refractivity contribution >= 4 is 29.3 Å². The van der Waals surface area contributed by atoms with E-state index < -0.39 is 0 Å². The van der Waals surface area contributed by atoms with Crippen LogP contribution >= 0.6 is 23.4 Å². The number of rotatable bonds is 3. The predicted molar refractivity (Wildman–Crippen MR) is 82.1 cm³/mol. The maximum absolute atomic E-state index is 12.3. The third-order valence-electron chi connectivity index (χ3n) is 3.69. The summed E-state index contributed by atoms with van der Waals surface area (Å²) in [7, 11) is 0. The number of hydrogen-bond acceptors (Lipinski definition) is 2. The normalized spacial score (nSPS) is 23.1. The molecule has 4 heteroatoms. The van der Waals surface area contributed by atoms with Crippen molar-refractivity contribution in [2.45, 2.75) is 43.5 Å². The van der Waals surface area contributed by atoms with Gasteiger partial charge in [-0.1, -0.05) is 31.4 Å². The molecular formula is C15H20ClNOS. The van der Waals surface area contributed by atoms with E-state index in [1.54, 1.807) is 17.8 Å².